The number of rotatable bonds is 5. The van der Waals surface area contributed by atoms with Crippen molar-refractivity contribution in [2.24, 2.45) is 0 Å². The van der Waals surface area contributed by atoms with E-state index in [1.165, 1.54) is 10.7 Å². The first-order valence-electron chi connectivity index (χ1n) is 8.91. The van der Waals surface area contributed by atoms with Crippen LogP contribution in [0.2, 0.25) is 5.02 Å². The van der Waals surface area contributed by atoms with Gasteiger partial charge in [-0.1, -0.05) is 0 Å². The summed E-state index contributed by atoms with van der Waals surface area (Å²) in [6.07, 6.45) is 0. The zero-order chi connectivity index (χ0) is 18.5. The van der Waals surface area contributed by atoms with Crippen molar-refractivity contribution in [3.63, 3.8) is 0 Å². The van der Waals surface area contributed by atoms with E-state index in [-0.39, 0.29) is 0 Å². The maximum atomic E-state index is 6.97. The van der Waals surface area contributed by atoms with Gasteiger partial charge in [-0.05, 0) is 0 Å². The van der Waals surface area contributed by atoms with Crippen LogP contribution in [0.1, 0.15) is 0 Å². The topological polar surface area (TPSA) is 9.23 Å². The van der Waals surface area contributed by atoms with Crippen LogP contribution in [-0.2, 0) is 0 Å². The van der Waals surface area contributed by atoms with Crippen molar-refractivity contribution in [2.45, 2.75) is 0 Å². The van der Waals surface area contributed by atoms with Crippen molar-refractivity contribution in [2.75, 3.05) is 0 Å². The van der Waals surface area contributed by atoms with Gasteiger partial charge in [0, 0.05) is 0 Å². The Hall–Kier alpha value is -2.23. The molecule has 4 aromatic rings. The summed E-state index contributed by atoms with van der Waals surface area (Å²) in [6, 6.07) is 39.5. The van der Waals surface area contributed by atoms with Crippen molar-refractivity contribution in [1.82, 2.24) is 0 Å². The molecule has 0 aliphatic heterocycles. The Morgan fingerprint density at radius 2 is 0.852 bits per heavy atom. The summed E-state index contributed by atoms with van der Waals surface area (Å²) in [5.41, 5.74) is 0. The summed E-state index contributed by atoms with van der Waals surface area (Å²) in [5, 5.41) is 0.640. The van der Waals surface area contributed by atoms with E-state index in [2.05, 4.69) is 72.8 Å². The summed E-state index contributed by atoms with van der Waals surface area (Å²) < 4.78 is 10.7. The third-order valence-corrected chi connectivity index (χ3v) is 16.3. The Labute approximate surface area is 169 Å². The fourth-order valence-electron chi connectivity index (χ4n) is 3.39. The summed E-state index contributed by atoms with van der Waals surface area (Å²) in [4.78, 5) is 0. The van der Waals surface area contributed by atoms with Crippen molar-refractivity contribution >= 4 is 41.1 Å². The number of para-hydroxylation sites is 1. The molecule has 4 aromatic carbocycles. The molecule has 27 heavy (non-hydrogen) atoms. The van der Waals surface area contributed by atoms with E-state index in [0.29, 0.717) is 5.02 Å². The predicted molar refractivity (Wildman–Crippen MR) is 116 cm³/mol. The van der Waals surface area contributed by atoms with Crippen LogP contribution in [0.15, 0.2) is 115 Å². The van der Waals surface area contributed by atoms with Crippen LogP contribution in [0.25, 0.3) is 0 Å². The third kappa shape index (κ3) is 3.62. The zero-order valence-corrected chi connectivity index (χ0v) is 18.4. The van der Waals surface area contributed by atoms with E-state index in [1.807, 2.05) is 42.5 Å². The molecule has 0 heterocycles. The molecule has 132 valence electrons. The molecule has 0 atom stereocenters. The van der Waals surface area contributed by atoms with Gasteiger partial charge in [-0.15, -0.1) is 0 Å². The first-order chi connectivity index (χ1) is 13.3. The molecule has 0 saturated carbocycles. The molecule has 0 aliphatic carbocycles. The average molecular weight is 478 g/mol. The van der Waals surface area contributed by atoms with Gasteiger partial charge < -0.3 is 0 Å². The molecule has 0 unspecified atom stereocenters. The Balaban J connectivity index is 2.02. The van der Waals surface area contributed by atoms with Gasteiger partial charge in [0.1, 0.15) is 0 Å². The average Bonchev–Trinajstić information content (AvgIpc) is 2.75. The molecule has 0 amide bonds. The molecule has 0 saturated heterocycles. The summed E-state index contributed by atoms with van der Waals surface area (Å²) in [5.74, 6) is 0.742. The summed E-state index contributed by atoms with van der Waals surface area (Å²) in [6.45, 7) is 0. The molecule has 3 heteroatoms. The first kappa shape index (κ1) is 18.1. The van der Waals surface area contributed by atoms with E-state index in [1.54, 1.807) is 0 Å². The minimum absolute atomic E-state index is 0.640. The monoisotopic (exact) mass is 478 g/mol. The number of benzene rings is 4. The van der Waals surface area contributed by atoms with Gasteiger partial charge >= 0.3 is 170 Å². The second-order valence-corrected chi connectivity index (χ2v) is 16.1. The van der Waals surface area contributed by atoms with Gasteiger partial charge in [0.05, 0.1) is 0 Å². The molecular formula is C24H19ClOSn. The predicted octanol–water partition coefficient (Wildman–Crippen LogP) is 4.39. The van der Waals surface area contributed by atoms with Gasteiger partial charge in [0.2, 0.25) is 0 Å². The second kappa shape index (κ2) is 8.20. The van der Waals surface area contributed by atoms with Gasteiger partial charge in [0.15, 0.2) is 0 Å². The first-order valence-corrected chi connectivity index (χ1v) is 14.7. The summed E-state index contributed by atoms with van der Waals surface area (Å²) >= 11 is 2.71. The van der Waals surface area contributed by atoms with Crippen molar-refractivity contribution in [3.8, 4) is 5.75 Å². The Bertz CT molecular complexity index is 907. The quantitative estimate of drug-likeness (QED) is 0.388. The molecule has 4 rings (SSSR count). The number of hydrogen-bond acceptors (Lipinski definition) is 1. The molecular weight excluding hydrogens is 458 g/mol. The van der Waals surface area contributed by atoms with Crippen LogP contribution in [-0.4, -0.2) is 18.8 Å². The van der Waals surface area contributed by atoms with Gasteiger partial charge in [-0.3, -0.25) is 0 Å². The fraction of sp³-hybridized carbons (Fsp3) is 0. The van der Waals surface area contributed by atoms with Crippen LogP contribution >= 0.6 is 11.6 Å². The number of hydrogen-bond donors (Lipinski definition) is 0. The van der Waals surface area contributed by atoms with Gasteiger partial charge in [0.25, 0.3) is 0 Å². The van der Waals surface area contributed by atoms with Crippen LogP contribution < -0.4 is 13.8 Å². The Morgan fingerprint density at radius 3 is 1.26 bits per heavy atom. The second-order valence-electron chi connectivity index (χ2n) is 6.31. The van der Waals surface area contributed by atoms with Crippen LogP contribution in [0, 0.1) is 0 Å². The molecule has 0 N–H and O–H groups in total. The van der Waals surface area contributed by atoms with Crippen LogP contribution in [0.5, 0.6) is 5.75 Å². The molecule has 0 radical (unpaired) electrons. The fourth-order valence-corrected chi connectivity index (χ4v) is 14.7. The molecule has 0 aliphatic rings. The Morgan fingerprint density at radius 1 is 0.481 bits per heavy atom. The molecule has 1 nitrogen and oxygen atoms in total. The molecule has 0 spiro atoms. The zero-order valence-electron chi connectivity index (χ0n) is 14.8. The van der Waals surface area contributed by atoms with Crippen molar-refractivity contribution in [3.05, 3.63) is 120 Å². The van der Waals surface area contributed by atoms with Crippen molar-refractivity contribution < 1.29 is 3.07 Å². The SMILES string of the molecule is Clc1ccccc1[O][Sn]([c]1ccccc1)([c]1ccccc1)[c]1ccccc1. The molecule has 0 fully saturated rings. The van der Waals surface area contributed by atoms with E-state index >= 15 is 0 Å². The van der Waals surface area contributed by atoms with E-state index in [9.17, 15) is 0 Å². The minimum atomic E-state index is -3.79. The standard InChI is InChI=1S/C6H5ClO.3C6H5.Sn/c7-5-3-1-2-4-6(5)8;3*1-2-4-6-5-3-1;/h1-4,8H;3*1-5H;/q;;;;+1/p-1. The van der Waals surface area contributed by atoms with Crippen LogP contribution in [0.3, 0.4) is 0 Å². The maximum absolute atomic E-state index is 6.97. The molecule has 0 bridgehead atoms. The van der Waals surface area contributed by atoms with E-state index in [4.69, 9.17) is 14.7 Å². The van der Waals surface area contributed by atoms with Gasteiger partial charge in [-0.25, -0.2) is 0 Å². The Kier molecular flexibility index (Phi) is 5.51. The van der Waals surface area contributed by atoms with Crippen LogP contribution in [0.4, 0.5) is 0 Å². The normalized spacial score (nSPS) is 11.1. The molecule has 0 aromatic heterocycles. The summed E-state index contributed by atoms with van der Waals surface area (Å²) in [7, 11) is 0. The number of halogens is 1. The van der Waals surface area contributed by atoms with E-state index in [0.717, 1.165) is 5.75 Å². The van der Waals surface area contributed by atoms with E-state index < -0.39 is 18.8 Å². The third-order valence-electron chi connectivity index (χ3n) is 4.64. The van der Waals surface area contributed by atoms with Gasteiger partial charge in [-0.2, -0.15) is 0 Å². The van der Waals surface area contributed by atoms with Crippen molar-refractivity contribution in [1.29, 1.82) is 0 Å².